The van der Waals surface area contributed by atoms with Gasteiger partial charge in [-0.3, -0.25) is 4.79 Å². The van der Waals surface area contributed by atoms with Crippen LogP contribution in [0.5, 0.6) is 0 Å². The fraction of sp³-hybridized carbons (Fsp3) is 0.500. The summed E-state index contributed by atoms with van der Waals surface area (Å²) in [6.45, 7) is 5.87. The second-order valence-corrected chi connectivity index (χ2v) is 8.47. The Morgan fingerprint density at radius 1 is 1.26 bits per heavy atom. The van der Waals surface area contributed by atoms with E-state index in [1.54, 1.807) is 6.92 Å². The highest BCUT2D eigenvalue weighted by Gasteiger charge is 2.35. The second-order valence-electron chi connectivity index (χ2n) is 7.18. The summed E-state index contributed by atoms with van der Waals surface area (Å²) < 4.78 is 5.72. The van der Waals surface area contributed by atoms with Crippen LogP contribution >= 0.6 is 11.8 Å². The molecule has 2 aromatic rings. The summed E-state index contributed by atoms with van der Waals surface area (Å²) in [4.78, 5) is 12.6. The summed E-state index contributed by atoms with van der Waals surface area (Å²) in [5, 5.41) is 20.5. The Hall–Kier alpha value is -2.33. The lowest BCUT2D eigenvalue weighted by molar-refractivity contribution is -0.122. The molecule has 142 valence electrons. The highest BCUT2D eigenvalue weighted by atomic mass is 32.2. The van der Waals surface area contributed by atoms with Crippen molar-refractivity contribution < 1.29 is 9.21 Å². The molecule has 0 unspecified atom stereocenters. The Morgan fingerprint density at radius 2 is 2.00 bits per heavy atom. The summed E-state index contributed by atoms with van der Waals surface area (Å²) in [6, 6.07) is 8.28. The van der Waals surface area contributed by atoms with Gasteiger partial charge >= 0.3 is 0 Å². The molecule has 1 aromatic carbocycles. The zero-order valence-electron chi connectivity index (χ0n) is 15.9. The third-order valence-electron chi connectivity index (χ3n) is 5.09. The van der Waals surface area contributed by atoms with Gasteiger partial charge in [-0.2, -0.15) is 5.26 Å². The van der Waals surface area contributed by atoms with Gasteiger partial charge in [0.25, 0.3) is 5.22 Å². The van der Waals surface area contributed by atoms with E-state index in [9.17, 15) is 10.1 Å². The molecule has 1 fully saturated rings. The third kappa shape index (κ3) is 4.51. The quantitative estimate of drug-likeness (QED) is 0.778. The van der Waals surface area contributed by atoms with Crippen molar-refractivity contribution >= 4 is 17.7 Å². The summed E-state index contributed by atoms with van der Waals surface area (Å²) in [6.07, 6.45) is 4.48. The molecule has 1 heterocycles. The van der Waals surface area contributed by atoms with Crippen molar-refractivity contribution in [3.8, 4) is 17.5 Å². The van der Waals surface area contributed by atoms with Crippen molar-refractivity contribution in [1.82, 2.24) is 15.5 Å². The van der Waals surface area contributed by atoms with Gasteiger partial charge in [-0.25, -0.2) is 0 Å². The molecule has 0 radical (unpaired) electrons. The number of nitriles is 1. The average Bonchev–Trinajstić information content (AvgIpc) is 3.13. The molecule has 1 aliphatic carbocycles. The van der Waals surface area contributed by atoms with E-state index in [0.717, 1.165) is 30.4 Å². The average molecular weight is 385 g/mol. The summed E-state index contributed by atoms with van der Waals surface area (Å²) >= 11 is 1.21. The van der Waals surface area contributed by atoms with E-state index in [1.807, 2.05) is 25.1 Å². The van der Waals surface area contributed by atoms with Crippen LogP contribution in [-0.4, -0.2) is 26.9 Å². The molecule has 1 amide bonds. The number of amides is 1. The fourth-order valence-corrected chi connectivity index (χ4v) is 3.89. The Balaban J connectivity index is 1.65. The fourth-order valence-electron chi connectivity index (χ4n) is 3.21. The van der Waals surface area contributed by atoms with Gasteiger partial charge in [-0.1, -0.05) is 37.1 Å². The number of nitrogens with zero attached hydrogens (tertiary/aromatic N) is 3. The normalized spacial score (nSPS) is 17.1. The predicted octanol–water partition coefficient (Wildman–Crippen LogP) is 4.18. The molecule has 1 aliphatic rings. The smallest absolute Gasteiger partial charge is 0.277 e. The van der Waals surface area contributed by atoms with E-state index >= 15 is 0 Å². The Morgan fingerprint density at radius 3 is 2.67 bits per heavy atom. The molecule has 1 N–H and O–H groups in total. The number of nitrogens with one attached hydrogen (secondary N) is 1. The number of thioether (sulfide) groups is 1. The number of carbonyl (C=O) groups excluding carboxylic acids is 1. The lowest BCUT2D eigenvalue weighted by Gasteiger charge is -2.32. The number of hydrogen-bond acceptors (Lipinski definition) is 6. The van der Waals surface area contributed by atoms with Crippen molar-refractivity contribution in [2.75, 3.05) is 0 Å². The highest BCUT2D eigenvalue weighted by Crippen LogP contribution is 2.30. The van der Waals surface area contributed by atoms with Crippen LogP contribution in [-0.2, 0) is 4.79 Å². The van der Waals surface area contributed by atoms with E-state index in [-0.39, 0.29) is 5.91 Å². The lowest BCUT2D eigenvalue weighted by Crippen LogP contribution is -2.50. The molecule has 7 heteroatoms. The van der Waals surface area contributed by atoms with Crippen LogP contribution in [0, 0.1) is 25.2 Å². The minimum absolute atomic E-state index is 0.172. The number of benzene rings is 1. The van der Waals surface area contributed by atoms with Gasteiger partial charge in [0, 0.05) is 5.56 Å². The van der Waals surface area contributed by atoms with Crippen LogP contribution in [0.3, 0.4) is 0 Å². The molecule has 3 rings (SSSR count). The first-order chi connectivity index (χ1) is 12.9. The molecule has 0 saturated heterocycles. The van der Waals surface area contributed by atoms with Gasteiger partial charge in [0.05, 0.1) is 11.3 Å². The lowest BCUT2D eigenvalue weighted by atomic mass is 9.83. The van der Waals surface area contributed by atoms with Crippen molar-refractivity contribution in [2.24, 2.45) is 0 Å². The van der Waals surface area contributed by atoms with Crippen LogP contribution in [0.1, 0.15) is 50.2 Å². The molecular weight excluding hydrogens is 360 g/mol. The number of aryl methyl sites for hydroxylation is 2. The standard InChI is InChI=1S/C20H24N4O2S/c1-13-7-8-16(11-14(13)2)18-23-24-19(26-18)27-15(3)17(25)22-20(12-21)9-5-4-6-10-20/h7-8,11,15H,4-6,9-10H2,1-3H3,(H,22,25)/t15-/m1/s1. The zero-order valence-corrected chi connectivity index (χ0v) is 16.7. The van der Waals surface area contributed by atoms with Gasteiger partial charge in [-0.15, -0.1) is 10.2 Å². The number of aromatic nitrogens is 2. The zero-order chi connectivity index (χ0) is 19.4. The number of rotatable bonds is 5. The molecule has 0 bridgehead atoms. The molecule has 1 aromatic heterocycles. The van der Waals surface area contributed by atoms with E-state index in [0.29, 0.717) is 24.0 Å². The van der Waals surface area contributed by atoms with Crippen molar-refractivity contribution in [3.05, 3.63) is 29.3 Å². The first kappa shape index (κ1) is 19.4. The van der Waals surface area contributed by atoms with Crippen LogP contribution in [0.2, 0.25) is 0 Å². The number of hydrogen-bond donors (Lipinski definition) is 1. The minimum atomic E-state index is -0.733. The van der Waals surface area contributed by atoms with E-state index in [4.69, 9.17) is 4.42 Å². The van der Waals surface area contributed by atoms with Gasteiger partial charge in [0.2, 0.25) is 11.8 Å². The monoisotopic (exact) mass is 384 g/mol. The third-order valence-corrected chi connectivity index (χ3v) is 6.02. The summed E-state index contributed by atoms with van der Waals surface area (Å²) in [7, 11) is 0. The van der Waals surface area contributed by atoms with Gasteiger partial charge < -0.3 is 9.73 Å². The summed E-state index contributed by atoms with van der Waals surface area (Å²) in [5.74, 6) is 0.267. The Labute approximate surface area is 163 Å². The van der Waals surface area contributed by atoms with Crippen molar-refractivity contribution in [2.45, 2.75) is 68.9 Å². The first-order valence-electron chi connectivity index (χ1n) is 9.23. The van der Waals surface area contributed by atoms with Crippen molar-refractivity contribution in [3.63, 3.8) is 0 Å². The SMILES string of the molecule is Cc1ccc(-c2nnc(S[C@H](C)C(=O)NC3(C#N)CCCCC3)o2)cc1C. The molecule has 6 nitrogen and oxygen atoms in total. The van der Waals surface area contributed by atoms with Crippen LogP contribution < -0.4 is 5.32 Å². The Bertz CT molecular complexity index is 865. The van der Waals surface area contributed by atoms with Gasteiger partial charge in [0.1, 0.15) is 5.54 Å². The topological polar surface area (TPSA) is 91.8 Å². The van der Waals surface area contributed by atoms with Crippen LogP contribution in [0.15, 0.2) is 27.8 Å². The second kappa shape index (κ2) is 8.13. The molecule has 27 heavy (non-hydrogen) atoms. The molecule has 1 atom stereocenters. The summed E-state index contributed by atoms with van der Waals surface area (Å²) in [5.41, 5.74) is 2.48. The van der Waals surface area contributed by atoms with Gasteiger partial charge in [-0.05, 0) is 56.9 Å². The Kier molecular flexibility index (Phi) is 5.85. The van der Waals surface area contributed by atoms with Crippen LogP contribution in [0.4, 0.5) is 0 Å². The largest absolute Gasteiger partial charge is 0.411 e. The van der Waals surface area contributed by atoms with Gasteiger partial charge in [0.15, 0.2) is 0 Å². The maximum absolute atomic E-state index is 12.6. The maximum atomic E-state index is 12.6. The van der Waals surface area contributed by atoms with Crippen LogP contribution in [0.25, 0.3) is 11.5 Å². The predicted molar refractivity (Wildman–Crippen MR) is 104 cm³/mol. The molecular formula is C20H24N4O2S. The molecule has 0 aliphatic heterocycles. The highest BCUT2D eigenvalue weighted by molar-refractivity contribution is 8.00. The molecule has 1 saturated carbocycles. The van der Waals surface area contributed by atoms with Crippen molar-refractivity contribution in [1.29, 1.82) is 5.26 Å². The maximum Gasteiger partial charge on any atom is 0.277 e. The van der Waals surface area contributed by atoms with E-state index in [1.165, 1.54) is 17.3 Å². The van der Waals surface area contributed by atoms with E-state index in [2.05, 4.69) is 28.5 Å². The number of carbonyl (C=O) groups is 1. The molecule has 0 spiro atoms. The first-order valence-corrected chi connectivity index (χ1v) is 10.1. The minimum Gasteiger partial charge on any atom is -0.411 e. The van der Waals surface area contributed by atoms with E-state index < -0.39 is 10.8 Å².